The van der Waals surface area contributed by atoms with E-state index >= 15 is 0 Å². The van der Waals surface area contributed by atoms with E-state index in [0.717, 1.165) is 0 Å². The van der Waals surface area contributed by atoms with Gasteiger partial charge in [-0.1, -0.05) is 17.7 Å². The van der Waals surface area contributed by atoms with Crippen LogP contribution in [0, 0.1) is 0 Å². The number of hydrogen-bond acceptors (Lipinski definition) is 3. The highest BCUT2D eigenvalue weighted by molar-refractivity contribution is 6.30. The first-order chi connectivity index (χ1) is 8.47. The third-order valence-electron chi connectivity index (χ3n) is 2.70. The highest BCUT2D eigenvalue weighted by Crippen LogP contribution is 2.21. The summed E-state index contributed by atoms with van der Waals surface area (Å²) < 4.78 is 10.7. The average molecular weight is 270 g/mol. The molecule has 1 heterocycles. The quantitative estimate of drug-likeness (QED) is 0.913. The maximum absolute atomic E-state index is 12.1. The molecule has 0 bridgehead atoms. The molecule has 18 heavy (non-hydrogen) atoms. The van der Waals surface area contributed by atoms with Gasteiger partial charge in [0, 0.05) is 10.7 Å². The second kappa shape index (κ2) is 5.26. The van der Waals surface area contributed by atoms with E-state index in [2.05, 4.69) is 5.32 Å². The van der Waals surface area contributed by atoms with Gasteiger partial charge in [0.1, 0.15) is 11.7 Å². The van der Waals surface area contributed by atoms with Crippen LogP contribution in [0.1, 0.15) is 13.8 Å². The van der Waals surface area contributed by atoms with Gasteiger partial charge in [-0.05, 0) is 32.0 Å². The van der Waals surface area contributed by atoms with Gasteiger partial charge in [-0.15, -0.1) is 0 Å². The molecule has 5 heteroatoms. The Morgan fingerprint density at radius 1 is 1.50 bits per heavy atom. The molecule has 1 aromatic carbocycles. The number of benzene rings is 1. The van der Waals surface area contributed by atoms with Crippen LogP contribution in [0.2, 0.25) is 5.02 Å². The van der Waals surface area contributed by atoms with Crippen molar-refractivity contribution in [2.75, 3.05) is 18.5 Å². The van der Waals surface area contributed by atoms with E-state index in [0.29, 0.717) is 23.9 Å². The smallest absolute Gasteiger partial charge is 0.256 e. The number of rotatable bonds is 4. The van der Waals surface area contributed by atoms with Gasteiger partial charge in [0.25, 0.3) is 5.91 Å². The fourth-order valence-electron chi connectivity index (χ4n) is 1.60. The van der Waals surface area contributed by atoms with Gasteiger partial charge in [0.05, 0.1) is 13.2 Å². The summed E-state index contributed by atoms with van der Waals surface area (Å²) >= 11 is 5.86. The molecule has 1 aliphatic rings. The monoisotopic (exact) mass is 269 g/mol. The van der Waals surface area contributed by atoms with E-state index in [9.17, 15) is 4.79 Å². The molecule has 0 atom stereocenters. The van der Waals surface area contributed by atoms with Crippen molar-refractivity contribution in [3.05, 3.63) is 29.3 Å². The minimum atomic E-state index is -0.892. The van der Waals surface area contributed by atoms with Gasteiger partial charge < -0.3 is 14.8 Å². The highest BCUT2D eigenvalue weighted by atomic mass is 35.5. The lowest BCUT2D eigenvalue weighted by atomic mass is 10.1. The van der Waals surface area contributed by atoms with Crippen LogP contribution in [0.5, 0.6) is 0 Å². The first kappa shape index (κ1) is 13.3. The molecular weight excluding hydrogens is 254 g/mol. The first-order valence-electron chi connectivity index (χ1n) is 5.80. The molecule has 1 aromatic rings. The van der Waals surface area contributed by atoms with Crippen molar-refractivity contribution in [2.24, 2.45) is 0 Å². The second-order valence-electron chi connectivity index (χ2n) is 4.75. The zero-order valence-corrected chi connectivity index (χ0v) is 11.2. The minimum Gasteiger partial charge on any atom is -0.376 e. The molecule has 0 spiro atoms. The summed E-state index contributed by atoms with van der Waals surface area (Å²) in [7, 11) is 0. The summed E-state index contributed by atoms with van der Waals surface area (Å²) in [5.41, 5.74) is -0.231. The van der Waals surface area contributed by atoms with E-state index < -0.39 is 5.60 Å². The number of anilines is 1. The third-order valence-corrected chi connectivity index (χ3v) is 2.93. The van der Waals surface area contributed by atoms with Crippen molar-refractivity contribution in [1.82, 2.24) is 0 Å². The van der Waals surface area contributed by atoms with Crippen molar-refractivity contribution >= 4 is 23.2 Å². The molecule has 1 saturated heterocycles. The number of amides is 1. The Kier molecular flexibility index (Phi) is 3.90. The predicted octanol–water partition coefficient (Wildman–Crippen LogP) is 2.47. The summed E-state index contributed by atoms with van der Waals surface area (Å²) in [5, 5.41) is 3.37. The molecule has 0 aliphatic carbocycles. The molecule has 4 nitrogen and oxygen atoms in total. The fourth-order valence-corrected chi connectivity index (χ4v) is 1.79. The number of nitrogens with one attached hydrogen (secondary N) is 1. The van der Waals surface area contributed by atoms with Gasteiger partial charge >= 0.3 is 0 Å². The number of carbonyl (C=O) groups excluding carboxylic acids is 1. The van der Waals surface area contributed by atoms with Crippen molar-refractivity contribution in [3.63, 3.8) is 0 Å². The molecule has 2 rings (SSSR count). The van der Waals surface area contributed by atoms with Crippen LogP contribution in [0.15, 0.2) is 24.3 Å². The molecule has 1 N–H and O–H groups in total. The third kappa shape index (κ3) is 3.22. The van der Waals surface area contributed by atoms with Crippen molar-refractivity contribution in [2.45, 2.75) is 25.6 Å². The van der Waals surface area contributed by atoms with Gasteiger partial charge in [-0.2, -0.15) is 0 Å². The van der Waals surface area contributed by atoms with Crippen LogP contribution in [0.25, 0.3) is 0 Å². The van der Waals surface area contributed by atoms with Gasteiger partial charge in [-0.25, -0.2) is 0 Å². The zero-order chi connectivity index (χ0) is 13.2. The highest BCUT2D eigenvalue weighted by Gasteiger charge is 2.34. The lowest BCUT2D eigenvalue weighted by Crippen LogP contribution is -2.48. The molecular formula is C13H16ClNO3. The van der Waals surface area contributed by atoms with Gasteiger partial charge in [-0.3, -0.25) is 4.79 Å². The summed E-state index contributed by atoms with van der Waals surface area (Å²) in [6, 6.07) is 7.02. The van der Waals surface area contributed by atoms with Crippen LogP contribution in [0.4, 0.5) is 5.69 Å². The van der Waals surface area contributed by atoms with E-state index in [-0.39, 0.29) is 12.0 Å². The van der Waals surface area contributed by atoms with Crippen molar-refractivity contribution in [1.29, 1.82) is 0 Å². The Morgan fingerprint density at radius 2 is 2.22 bits per heavy atom. The molecule has 0 saturated carbocycles. The van der Waals surface area contributed by atoms with Crippen LogP contribution >= 0.6 is 11.6 Å². The van der Waals surface area contributed by atoms with E-state index in [1.165, 1.54) is 0 Å². The Bertz CT molecular complexity index is 444. The largest absolute Gasteiger partial charge is 0.376 e. The molecule has 1 fully saturated rings. The number of halogens is 1. The zero-order valence-electron chi connectivity index (χ0n) is 10.4. The number of hydrogen-bond donors (Lipinski definition) is 1. The first-order valence-corrected chi connectivity index (χ1v) is 6.18. The summed E-state index contributed by atoms with van der Waals surface area (Å²) in [6.45, 7) is 4.58. The normalized spacial score (nSPS) is 16.2. The lowest BCUT2D eigenvalue weighted by molar-refractivity contribution is -0.186. The summed E-state index contributed by atoms with van der Waals surface area (Å²) in [4.78, 5) is 12.1. The number of carbonyl (C=O) groups is 1. The van der Waals surface area contributed by atoms with Crippen LogP contribution in [-0.4, -0.2) is 30.8 Å². The molecule has 98 valence electrons. The van der Waals surface area contributed by atoms with E-state index in [1.54, 1.807) is 38.1 Å². The Labute approximate surface area is 111 Å². The van der Waals surface area contributed by atoms with Crippen LogP contribution in [0.3, 0.4) is 0 Å². The Morgan fingerprint density at radius 3 is 2.78 bits per heavy atom. The van der Waals surface area contributed by atoms with E-state index in [1.807, 2.05) is 0 Å². The standard InChI is InChI=1S/C13H16ClNO3/c1-13(2,18-11-7-17-8-11)12(16)15-10-5-3-4-9(14)6-10/h3-6,11H,7-8H2,1-2H3,(H,15,16). The number of ether oxygens (including phenoxy) is 2. The average Bonchev–Trinajstić information content (AvgIpc) is 2.24. The van der Waals surface area contributed by atoms with Crippen LogP contribution in [-0.2, 0) is 14.3 Å². The Hall–Kier alpha value is -1.10. The second-order valence-corrected chi connectivity index (χ2v) is 5.19. The maximum Gasteiger partial charge on any atom is 0.256 e. The van der Waals surface area contributed by atoms with Crippen LogP contribution < -0.4 is 5.32 Å². The lowest BCUT2D eigenvalue weighted by Gasteiger charge is -2.34. The fraction of sp³-hybridized carbons (Fsp3) is 0.462. The topological polar surface area (TPSA) is 47.6 Å². The van der Waals surface area contributed by atoms with Gasteiger partial charge in [0.15, 0.2) is 0 Å². The molecule has 0 radical (unpaired) electrons. The van der Waals surface area contributed by atoms with E-state index in [4.69, 9.17) is 21.1 Å². The van der Waals surface area contributed by atoms with Crippen molar-refractivity contribution in [3.8, 4) is 0 Å². The summed E-state index contributed by atoms with van der Waals surface area (Å²) in [6.07, 6.45) is 0.00473. The minimum absolute atomic E-state index is 0.00473. The van der Waals surface area contributed by atoms with Gasteiger partial charge in [0.2, 0.25) is 0 Å². The maximum atomic E-state index is 12.1. The predicted molar refractivity (Wildman–Crippen MR) is 69.9 cm³/mol. The molecule has 1 aliphatic heterocycles. The molecule has 0 aromatic heterocycles. The molecule has 0 unspecified atom stereocenters. The molecule has 1 amide bonds. The van der Waals surface area contributed by atoms with Crippen molar-refractivity contribution < 1.29 is 14.3 Å². The Balaban J connectivity index is 1.97. The SMILES string of the molecule is CC(C)(OC1COC1)C(=O)Nc1cccc(Cl)c1. The summed E-state index contributed by atoms with van der Waals surface area (Å²) in [5.74, 6) is -0.198.